The summed E-state index contributed by atoms with van der Waals surface area (Å²) in [4.78, 5) is 0. The average Bonchev–Trinajstić information content (AvgIpc) is 0.926. The molecule has 4 aromatic rings. The van der Waals surface area contributed by atoms with Crippen LogP contribution in [0.15, 0.2) is 48.5 Å². The molecular weight excluding hydrogens is 1280 g/mol. The highest BCUT2D eigenvalue weighted by molar-refractivity contribution is 9.09. The molecule has 0 bridgehead atoms. The van der Waals surface area contributed by atoms with E-state index < -0.39 is 15.9 Å². The van der Waals surface area contributed by atoms with Crippen LogP contribution in [0.5, 0.6) is 46.0 Å². The molecule has 19 nitrogen and oxygen atoms in total. The normalized spacial score (nSPS) is 11.0. The van der Waals surface area contributed by atoms with Crippen LogP contribution >= 0.6 is 15.9 Å². The Balaban J connectivity index is 2.01. The Hall–Kier alpha value is -6.41. The van der Waals surface area contributed by atoms with Crippen LogP contribution in [-0.2, 0) is 48.0 Å². The van der Waals surface area contributed by atoms with E-state index in [0.29, 0.717) is 183 Å². The largest absolute Gasteiger partial charge is 0.493 e. The molecule has 0 amide bonds. The molecule has 1 N–H and O–H groups in total. The van der Waals surface area contributed by atoms with Crippen molar-refractivity contribution < 1.29 is 88.8 Å². The van der Waals surface area contributed by atoms with E-state index in [2.05, 4.69) is 91.0 Å². The van der Waals surface area contributed by atoms with Crippen molar-refractivity contribution in [2.75, 3.05) is 172 Å². The highest BCUT2D eigenvalue weighted by Crippen LogP contribution is 2.36. The number of alkyl halides is 1. The zero-order valence-electron chi connectivity index (χ0n) is 56.2. The van der Waals surface area contributed by atoms with E-state index in [1.54, 1.807) is 40.6 Å². The number of hydrogen-bond acceptors (Lipinski definition) is 18. The van der Waals surface area contributed by atoms with Crippen LogP contribution in [0, 0.1) is 53.3 Å². The summed E-state index contributed by atoms with van der Waals surface area (Å²) in [6.45, 7) is 18.8. The van der Waals surface area contributed by atoms with Crippen molar-refractivity contribution in [2.24, 2.45) is 5.92 Å². The lowest BCUT2D eigenvalue weighted by Crippen LogP contribution is -2.12. The van der Waals surface area contributed by atoms with Gasteiger partial charge in [-0.2, -0.15) is 8.42 Å². The van der Waals surface area contributed by atoms with E-state index >= 15 is 0 Å². The Morgan fingerprint density at radius 3 is 0.925 bits per heavy atom. The molecule has 0 spiro atoms. The highest BCUT2D eigenvalue weighted by Gasteiger charge is 2.19. The molecule has 0 aliphatic heterocycles. The Labute approximate surface area is 561 Å². The minimum absolute atomic E-state index is 0.0000967. The lowest BCUT2D eigenvalue weighted by atomic mass is 9.99. The Bertz CT molecular complexity index is 3190. The number of hydrogen-bond donors (Lipinski definition) is 1. The van der Waals surface area contributed by atoms with Gasteiger partial charge in [-0.15, -0.1) is 0 Å². The maximum atomic E-state index is 11.7. The van der Waals surface area contributed by atoms with Gasteiger partial charge in [-0.05, 0) is 43.7 Å². The number of unbranched alkanes of at least 4 members (excludes halogenated alkanes) is 2. The molecule has 0 radical (unpaired) electrons. The molecule has 4 rings (SSSR count). The minimum Gasteiger partial charge on any atom is -0.493 e. The third-order valence-electron chi connectivity index (χ3n) is 13.0. The number of methoxy groups -OCH3 is 4. The number of benzene rings is 4. The van der Waals surface area contributed by atoms with E-state index in [0.717, 1.165) is 31.2 Å². The molecule has 0 aliphatic carbocycles. The van der Waals surface area contributed by atoms with Crippen LogP contribution < -0.4 is 37.9 Å². The second-order valence-electron chi connectivity index (χ2n) is 21.3. The summed E-state index contributed by atoms with van der Waals surface area (Å²) in [7, 11) is 2.26. The standard InChI is InChI=1S/C72H97BrO19S/c1-11-13-26-85-65-48-59(66(86-28-15-25-73)49-58(65)19-21-60-50-67(89-42-38-81-34-30-77-7)57(18-17-55(3)4)47-68(60)90-43-39-82-35-31-78-8)20-22-61-51-70(92-45-41-84-37-33-80-10)62(52-69(61)91-44-40-83-36-32-79-9)23-24-63-53-72(88-27-14-12-2)64(56(5)6)54-71(63)87-29-16-46-93(74,75)76/h47-56H,11-16,25-46H2,1-10H3,(H,74,75,76). The van der Waals surface area contributed by atoms with Crippen molar-refractivity contribution in [3.63, 3.8) is 0 Å². The van der Waals surface area contributed by atoms with Gasteiger partial charge in [0.15, 0.2) is 0 Å². The minimum atomic E-state index is -4.21. The predicted octanol–water partition coefficient (Wildman–Crippen LogP) is 11.4. The van der Waals surface area contributed by atoms with Crippen LogP contribution in [0.2, 0.25) is 0 Å². The molecule has 93 heavy (non-hydrogen) atoms. The first kappa shape index (κ1) is 79.0. The third kappa shape index (κ3) is 32.1. The van der Waals surface area contributed by atoms with Gasteiger partial charge in [-0.1, -0.05) is 118 Å². The van der Waals surface area contributed by atoms with Crippen LogP contribution in [0.4, 0.5) is 0 Å². The summed E-state index contributed by atoms with van der Waals surface area (Å²) < 4.78 is 128. The summed E-state index contributed by atoms with van der Waals surface area (Å²) in [6.07, 6.45) is 4.21. The number of halogens is 1. The monoisotopic (exact) mass is 1380 g/mol. The molecule has 0 fully saturated rings. The van der Waals surface area contributed by atoms with E-state index in [4.69, 9.17) is 75.8 Å². The molecule has 0 unspecified atom stereocenters. The smallest absolute Gasteiger partial charge is 0.264 e. The van der Waals surface area contributed by atoms with Gasteiger partial charge in [-0.3, -0.25) is 4.55 Å². The molecule has 21 heteroatoms. The van der Waals surface area contributed by atoms with Gasteiger partial charge in [0.2, 0.25) is 0 Å². The summed E-state index contributed by atoms with van der Waals surface area (Å²) >= 11 is 3.56. The lowest BCUT2D eigenvalue weighted by Gasteiger charge is -2.18. The third-order valence-corrected chi connectivity index (χ3v) is 14.4. The maximum absolute atomic E-state index is 11.7. The molecule has 0 saturated carbocycles. The van der Waals surface area contributed by atoms with Gasteiger partial charge in [0.1, 0.15) is 72.4 Å². The molecule has 512 valence electrons. The van der Waals surface area contributed by atoms with E-state index in [1.165, 1.54) is 0 Å². The second kappa shape index (κ2) is 47.5. The molecule has 0 aliphatic rings. The van der Waals surface area contributed by atoms with Crippen LogP contribution in [0.25, 0.3) is 0 Å². The van der Waals surface area contributed by atoms with Gasteiger partial charge < -0.3 is 75.8 Å². The Morgan fingerprint density at radius 1 is 0.366 bits per heavy atom. The fraction of sp³-hybridized carbons (Fsp3) is 0.556. The maximum Gasteiger partial charge on any atom is 0.264 e. The Kier molecular flexibility index (Phi) is 40.3. The van der Waals surface area contributed by atoms with Crippen molar-refractivity contribution >= 4 is 26.0 Å². The van der Waals surface area contributed by atoms with Crippen LogP contribution in [0.3, 0.4) is 0 Å². The van der Waals surface area contributed by atoms with Gasteiger partial charge in [-0.25, -0.2) is 0 Å². The summed E-state index contributed by atoms with van der Waals surface area (Å²) in [6, 6.07) is 14.7. The zero-order chi connectivity index (χ0) is 67.3. The first-order valence-electron chi connectivity index (χ1n) is 31.8. The summed E-state index contributed by atoms with van der Waals surface area (Å²) in [5, 5.41) is 0.703. The molecular formula is C72H97BrO19S. The molecule has 4 aromatic carbocycles. The first-order valence-corrected chi connectivity index (χ1v) is 34.5. The molecule has 0 heterocycles. The average molecular weight is 1380 g/mol. The molecule has 0 atom stereocenters. The highest BCUT2D eigenvalue weighted by atomic mass is 79.9. The summed E-state index contributed by atoms with van der Waals surface area (Å²) in [5.74, 6) is 30.2. The fourth-order valence-electron chi connectivity index (χ4n) is 8.11. The van der Waals surface area contributed by atoms with Gasteiger partial charge in [0, 0.05) is 81.6 Å². The van der Waals surface area contributed by atoms with Gasteiger partial charge in [0.05, 0.1) is 150 Å². The van der Waals surface area contributed by atoms with Crippen molar-refractivity contribution in [2.45, 2.75) is 86.0 Å². The van der Waals surface area contributed by atoms with E-state index in [-0.39, 0.29) is 64.5 Å². The predicted molar refractivity (Wildman–Crippen MR) is 364 cm³/mol. The van der Waals surface area contributed by atoms with Crippen molar-refractivity contribution in [1.29, 1.82) is 0 Å². The zero-order valence-corrected chi connectivity index (χ0v) is 58.6. The van der Waals surface area contributed by atoms with Gasteiger partial charge in [0.25, 0.3) is 10.1 Å². The topological polar surface area (TPSA) is 202 Å². The van der Waals surface area contributed by atoms with E-state index in [9.17, 15) is 13.0 Å². The Morgan fingerprint density at radius 2 is 0.634 bits per heavy atom. The SMILES string of the molecule is CCCCOc1cc(C#Cc2cc(OCCOCCOC)c(C#Cc3cc(OCCCC)c(C(C)C)cc3OCCCS(=O)(=O)O)cc2OCCOCCOC)c(OCCCBr)cc1C#Cc1cc(OCCOCCOC)c(C#CC(C)C)cc1OCCOCCOC. The number of rotatable bonds is 46. The lowest BCUT2D eigenvalue weighted by molar-refractivity contribution is 0.0538. The first-order chi connectivity index (χ1) is 45.2. The van der Waals surface area contributed by atoms with Gasteiger partial charge >= 0.3 is 0 Å². The fourth-order valence-corrected chi connectivity index (χ4v) is 8.82. The number of ether oxygens (including phenoxy) is 16. The van der Waals surface area contributed by atoms with Crippen LogP contribution in [-0.4, -0.2) is 185 Å². The van der Waals surface area contributed by atoms with E-state index in [1.807, 2.05) is 50.2 Å². The van der Waals surface area contributed by atoms with Crippen molar-refractivity contribution in [1.82, 2.24) is 0 Å². The second-order valence-corrected chi connectivity index (χ2v) is 23.7. The molecule has 0 saturated heterocycles. The van der Waals surface area contributed by atoms with Crippen molar-refractivity contribution in [3.05, 3.63) is 93.0 Å². The summed E-state index contributed by atoms with van der Waals surface area (Å²) in [5.41, 5.74) is 4.54. The van der Waals surface area contributed by atoms with Crippen LogP contribution in [0.1, 0.15) is 130 Å². The molecule has 0 aromatic heterocycles. The quantitative estimate of drug-likeness (QED) is 0.0189. The van der Waals surface area contributed by atoms with Crippen molar-refractivity contribution in [3.8, 4) is 93.4 Å².